The molecule has 5 N–H and O–H groups in total. The summed E-state index contributed by atoms with van der Waals surface area (Å²) in [4.78, 5) is 32.5. The second kappa shape index (κ2) is 8.74. The fourth-order valence-corrected chi connectivity index (χ4v) is 2.88. The minimum absolute atomic E-state index is 0.0591. The number of nitrogens with one attached hydrogen (secondary N) is 3. The number of carbonyl (C=O) groups excluding carboxylic acids is 2. The molecular weight excluding hydrogens is 392 g/mol. The normalized spacial score (nSPS) is 16.2. The van der Waals surface area contributed by atoms with Gasteiger partial charge in [-0.2, -0.15) is 4.99 Å². The van der Waals surface area contributed by atoms with Gasteiger partial charge in [0.1, 0.15) is 6.04 Å². The molecule has 1 aliphatic rings. The van der Waals surface area contributed by atoms with Crippen LogP contribution < -0.4 is 21.7 Å². The highest BCUT2D eigenvalue weighted by Gasteiger charge is 2.28. The summed E-state index contributed by atoms with van der Waals surface area (Å²) in [6.45, 7) is 3.83. The molecule has 0 aromatic heterocycles. The number of nitrogens with two attached hydrogens (primary N) is 1. The molecule has 2 aromatic carbocycles. The Morgan fingerprint density at radius 1 is 1.21 bits per heavy atom. The number of aliphatic imine (C=N–C) groups is 2. The Morgan fingerprint density at radius 2 is 1.97 bits per heavy atom. The third-order valence-electron chi connectivity index (χ3n) is 4.17. The van der Waals surface area contributed by atoms with Gasteiger partial charge in [0.25, 0.3) is 5.91 Å². The number of aryl methyl sites for hydroxylation is 2. The molecule has 2 aromatic rings. The molecule has 9 heteroatoms. The fraction of sp³-hybridized carbons (Fsp3) is 0.200. The summed E-state index contributed by atoms with van der Waals surface area (Å²) in [5.74, 6) is -0.632. The van der Waals surface area contributed by atoms with Crippen LogP contribution in [0.3, 0.4) is 0 Å². The van der Waals surface area contributed by atoms with Crippen LogP contribution in [0.1, 0.15) is 17.5 Å². The molecule has 0 saturated carbocycles. The Balaban J connectivity index is 1.61. The quantitative estimate of drug-likeness (QED) is 0.455. The molecule has 0 spiro atoms. The minimum atomic E-state index is -0.874. The summed E-state index contributed by atoms with van der Waals surface area (Å²) in [6, 6.07) is 11.9. The zero-order valence-electron chi connectivity index (χ0n) is 16.0. The highest BCUT2D eigenvalue weighted by atomic mass is 35.5. The van der Waals surface area contributed by atoms with Crippen molar-refractivity contribution < 1.29 is 9.59 Å². The molecule has 2 amide bonds. The zero-order valence-corrected chi connectivity index (χ0v) is 16.7. The van der Waals surface area contributed by atoms with Crippen molar-refractivity contribution >= 4 is 46.7 Å². The first-order valence-corrected chi connectivity index (χ1v) is 9.30. The summed E-state index contributed by atoms with van der Waals surface area (Å²) in [6.07, 6.45) is -0.123. The van der Waals surface area contributed by atoms with Crippen LogP contribution in [0.4, 0.5) is 11.4 Å². The monoisotopic (exact) mass is 412 g/mol. The molecule has 0 radical (unpaired) electrons. The van der Waals surface area contributed by atoms with E-state index in [1.807, 2.05) is 38.1 Å². The lowest BCUT2D eigenvalue weighted by molar-refractivity contribution is -0.123. The van der Waals surface area contributed by atoms with E-state index in [2.05, 4.69) is 25.9 Å². The van der Waals surface area contributed by atoms with Gasteiger partial charge in [0.15, 0.2) is 0 Å². The molecule has 1 aliphatic heterocycles. The van der Waals surface area contributed by atoms with Crippen molar-refractivity contribution in [1.29, 1.82) is 0 Å². The number of nitrogens with zero attached hydrogens (tertiary/aromatic N) is 2. The average Bonchev–Trinajstić information content (AvgIpc) is 2.96. The highest BCUT2D eigenvalue weighted by molar-refractivity contribution is 6.31. The van der Waals surface area contributed by atoms with Gasteiger partial charge in [-0.25, -0.2) is 4.99 Å². The van der Waals surface area contributed by atoms with Crippen LogP contribution in [0, 0.1) is 13.8 Å². The highest BCUT2D eigenvalue weighted by Crippen LogP contribution is 2.20. The van der Waals surface area contributed by atoms with E-state index in [1.54, 1.807) is 18.2 Å². The van der Waals surface area contributed by atoms with Gasteiger partial charge in [-0.15, -0.1) is 0 Å². The summed E-state index contributed by atoms with van der Waals surface area (Å²) in [5, 5.41) is 8.70. The van der Waals surface area contributed by atoms with Crippen molar-refractivity contribution in [3.63, 3.8) is 0 Å². The topological polar surface area (TPSA) is 121 Å². The minimum Gasteiger partial charge on any atom is -0.369 e. The molecule has 0 bridgehead atoms. The second-order valence-electron chi connectivity index (χ2n) is 6.67. The molecule has 8 nitrogen and oxygen atoms in total. The lowest BCUT2D eigenvalue weighted by atomic mass is 10.2. The summed E-state index contributed by atoms with van der Waals surface area (Å²) < 4.78 is 0. The van der Waals surface area contributed by atoms with Gasteiger partial charge in [0.05, 0.1) is 6.42 Å². The van der Waals surface area contributed by atoms with Gasteiger partial charge in [0.2, 0.25) is 17.8 Å². The van der Waals surface area contributed by atoms with E-state index < -0.39 is 11.9 Å². The maximum absolute atomic E-state index is 12.2. The third-order valence-corrected chi connectivity index (χ3v) is 4.57. The van der Waals surface area contributed by atoms with Crippen LogP contribution in [0.15, 0.2) is 52.4 Å². The van der Waals surface area contributed by atoms with E-state index in [4.69, 9.17) is 17.3 Å². The number of guanidine groups is 2. The Morgan fingerprint density at radius 3 is 2.69 bits per heavy atom. The van der Waals surface area contributed by atoms with Gasteiger partial charge >= 0.3 is 0 Å². The number of amides is 2. The molecular formula is C20H21ClN6O2. The molecule has 0 fully saturated rings. The van der Waals surface area contributed by atoms with Gasteiger partial charge < -0.3 is 16.4 Å². The first-order chi connectivity index (χ1) is 13.8. The van der Waals surface area contributed by atoms with Crippen LogP contribution in [0.25, 0.3) is 0 Å². The number of hydrogen-bond donors (Lipinski definition) is 4. The van der Waals surface area contributed by atoms with Gasteiger partial charge in [-0.05, 0) is 49.2 Å². The largest absolute Gasteiger partial charge is 0.369 e. The molecule has 1 atom stereocenters. The van der Waals surface area contributed by atoms with Crippen molar-refractivity contribution in [3.8, 4) is 0 Å². The van der Waals surface area contributed by atoms with Crippen molar-refractivity contribution in [1.82, 2.24) is 5.32 Å². The smallest absolute Gasteiger partial charge is 0.252 e. The number of anilines is 2. The molecule has 150 valence electrons. The predicted molar refractivity (Wildman–Crippen MR) is 115 cm³/mol. The Bertz CT molecular complexity index is 1020. The third kappa shape index (κ3) is 5.55. The summed E-state index contributed by atoms with van der Waals surface area (Å²) >= 11 is 6.06. The zero-order chi connectivity index (χ0) is 21.0. The van der Waals surface area contributed by atoms with E-state index in [0.29, 0.717) is 10.7 Å². The standard InChI is InChI=1S/C20H21ClN6O2/c1-11-4-3-5-13(8-11)24-19(22)27-20-25-16(18(29)26-20)10-17(28)23-14-7-6-12(2)15(21)9-14/h3-9,16H,10H2,1-2H3,(H,23,28)(H4,22,24,25,26,27,29). The Hall–Kier alpha value is -3.39. The van der Waals surface area contributed by atoms with Crippen molar-refractivity contribution in [2.24, 2.45) is 15.7 Å². The fourth-order valence-electron chi connectivity index (χ4n) is 2.70. The molecule has 0 saturated heterocycles. The Kier molecular flexibility index (Phi) is 6.13. The second-order valence-corrected chi connectivity index (χ2v) is 7.07. The number of carbonyl (C=O) groups is 2. The van der Waals surface area contributed by atoms with Crippen LogP contribution in [-0.2, 0) is 9.59 Å². The molecule has 1 unspecified atom stereocenters. The lowest BCUT2D eigenvalue weighted by Crippen LogP contribution is -2.32. The lowest BCUT2D eigenvalue weighted by Gasteiger charge is -2.08. The van der Waals surface area contributed by atoms with Crippen molar-refractivity contribution in [2.75, 3.05) is 10.6 Å². The van der Waals surface area contributed by atoms with E-state index in [1.165, 1.54) is 0 Å². The average molecular weight is 413 g/mol. The van der Waals surface area contributed by atoms with Gasteiger partial charge in [-0.3, -0.25) is 14.9 Å². The van der Waals surface area contributed by atoms with Crippen LogP contribution >= 0.6 is 11.6 Å². The first kappa shape index (κ1) is 20.3. The number of benzene rings is 2. The predicted octanol–water partition coefficient (Wildman–Crippen LogP) is 2.57. The first-order valence-electron chi connectivity index (χ1n) is 8.92. The van der Waals surface area contributed by atoms with Crippen molar-refractivity contribution in [3.05, 3.63) is 58.6 Å². The number of rotatable bonds is 4. The molecule has 1 heterocycles. The van der Waals surface area contributed by atoms with E-state index in [9.17, 15) is 9.59 Å². The summed E-state index contributed by atoms with van der Waals surface area (Å²) in [7, 11) is 0. The Labute approximate surface area is 173 Å². The number of hydrogen-bond acceptors (Lipinski definition) is 4. The number of halogens is 1. The molecule has 3 rings (SSSR count). The van der Waals surface area contributed by atoms with E-state index in [0.717, 1.165) is 16.8 Å². The van der Waals surface area contributed by atoms with E-state index in [-0.39, 0.29) is 24.2 Å². The SMILES string of the molecule is Cc1cccc(N/C(N)=N/C2=NC(CC(=O)Nc3ccc(C)c(Cl)c3)C(=O)N2)c1. The molecule has 29 heavy (non-hydrogen) atoms. The summed E-state index contributed by atoms with van der Waals surface area (Å²) in [5.41, 5.74) is 9.16. The van der Waals surface area contributed by atoms with Crippen LogP contribution in [0.5, 0.6) is 0 Å². The van der Waals surface area contributed by atoms with Crippen LogP contribution in [0.2, 0.25) is 5.02 Å². The van der Waals surface area contributed by atoms with Crippen LogP contribution in [-0.4, -0.2) is 29.8 Å². The van der Waals surface area contributed by atoms with Gasteiger partial charge in [0, 0.05) is 16.4 Å². The van der Waals surface area contributed by atoms with Gasteiger partial charge in [-0.1, -0.05) is 29.8 Å². The maximum atomic E-state index is 12.2. The molecule has 0 aliphatic carbocycles. The van der Waals surface area contributed by atoms with Crippen molar-refractivity contribution in [2.45, 2.75) is 26.3 Å². The van der Waals surface area contributed by atoms with E-state index >= 15 is 0 Å². The maximum Gasteiger partial charge on any atom is 0.252 e.